The van der Waals surface area contributed by atoms with E-state index in [9.17, 15) is 43.2 Å². The number of amides is 13. The Hall–Kier alpha value is -5.89. The molecule has 0 aliphatic heterocycles. The zero-order valence-corrected chi connectivity index (χ0v) is 36.8. The van der Waals surface area contributed by atoms with Crippen LogP contribution in [-0.2, 0) is 23.9 Å². The maximum atomic E-state index is 14.3. The van der Waals surface area contributed by atoms with Crippen LogP contribution in [0.25, 0.3) is 0 Å². The summed E-state index contributed by atoms with van der Waals surface area (Å²) in [5, 5.41) is 4.80. The molecule has 20 heteroatoms. The van der Waals surface area contributed by atoms with Gasteiger partial charge in [-0.1, -0.05) is 46.5 Å². The fourth-order valence-corrected chi connectivity index (χ4v) is 5.42. The number of hydrogen-bond donors (Lipinski definition) is 3. The third kappa shape index (κ3) is 17.9. The molecule has 0 aliphatic carbocycles. The number of ether oxygens (including phenoxy) is 1. The average Bonchev–Trinajstić information content (AvgIpc) is 3.19. The normalized spacial score (nSPS) is 11.1. The van der Waals surface area contributed by atoms with E-state index in [-0.39, 0.29) is 84.6 Å². The lowest BCUT2D eigenvalue weighted by atomic mass is 10.2. The van der Waals surface area contributed by atoms with Crippen molar-refractivity contribution < 1.29 is 47.9 Å². The van der Waals surface area contributed by atoms with Gasteiger partial charge in [0.1, 0.15) is 31.3 Å². The van der Waals surface area contributed by atoms with E-state index in [4.69, 9.17) is 23.3 Å². The summed E-state index contributed by atoms with van der Waals surface area (Å²) in [5.74, 6) is 1.75. The highest BCUT2D eigenvalue weighted by atomic mass is 16.6. The molecule has 336 valence electrons. The van der Waals surface area contributed by atoms with Crippen molar-refractivity contribution in [2.24, 2.45) is 5.73 Å². The molecule has 0 aromatic carbocycles. The number of carbonyl (C=O) groups is 9. The maximum absolute atomic E-state index is 14.3. The zero-order chi connectivity index (χ0) is 46.2. The summed E-state index contributed by atoms with van der Waals surface area (Å²) in [6.45, 7) is 10.1. The highest BCUT2D eigenvalue weighted by molar-refractivity contribution is 6.08. The lowest BCUT2D eigenvalue weighted by molar-refractivity contribution is -0.139. The van der Waals surface area contributed by atoms with Gasteiger partial charge in [-0.2, -0.15) is 0 Å². The van der Waals surface area contributed by atoms with Gasteiger partial charge in [-0.3, -0.25) is 24.1 Å². The Morgan fingerprint density at radius 3 is 1.45 bits per heavy atom. The molecule has 0 fully saturated rings. The zero-order valence-electron chi connectivity index (χ0n) is 36.8. The number of hydrogen-bond acceptors (Lipinski definition) is 11. The van der Waals surface area contributed by atoms with Gasteiger partial charge in [0.15, 0.2) is 0 Å². The van der Waals surface area contributed by atoms with E-state index in [1.54, 1.807) is 55.4 Å². The summed E-state index contributed by atoms with van der Waals surface area (Å²) in [5.41, 5.74) is 5.23. The number of nitrogens with zero attached hydrogens (tertiary/aromatic N) is 7. The number of likely N-dealkylation sites (N-methyl/N-ethyl adjacent to an activating group) is 1. The van der Waals surface area contributed by atoms with Crippen LogP contribution < -0.4 is 16.4 Å². The second-order valence-electron chi connectivity index (χ2n) is 14.6. The van der Waals surface area contributed by atoms with Gasteiger partial charge in [0.2, 0.25) is 23.6 Å². The SMILES string of the molecule is C#CCN(CC(=O)NC)C(=O)CN(CCC)C(=O)N(CCC)C(=O)N(CCC)C(=O)N(CCC)C(=O)N(CCC)C(=O)CN(CC#C)C(=O)C(N)CNC(=O)OC(C)(C)C. The number of rotatable bonds is 21. The lowest BCUT2D eigenvalue weighted by Gasteiger charge is -2.35. The third-order valence-corrected chi connectivity index (χ3v) is 8.15. The first-order chi connectivity index (χ1) is 28.2. The van der Waals surface area contributed by atoms with Crippen molar-refractivity contribution in [3.05, 3.63) is 0 Å². The van der Waals surface area contributed by atoms with Crippen LogP contribution in [0.1, 0.15) is 87.5 Å². The summed E-state index contributed by atoms with van der Waals surface area (Å²) in [6, 6.07) is -5.48. The first-order valence-electron chi connectivity index (χ1n) is 20.1. The van der Waals surface area contributed by atoms with Crippen LogP contribution in [-0.4, -0.2) is 179 Å². The Morgan fingerprint density at radius 1 is 0.600 bits per heavy atom. The van der Waals surface area contributed by atoms with E-state index in [1.807, 2.05) is 0 Å². The molecule has 0 aliphatic rings. The van der Waals surface area contributed by atoms with E-state index in [1.165, 1.54) is 7.05 Å². The van der Waals surface area contributed by atoms with Gasteiger partial charge in [-0.25, -0.2) is 38.7 Å². The molecule has 0 rings (SSSR count). The standard InChI is InChI=1S/C40H66N10O10/c1-12-19-44(27-31(51)42-11)32(52)28-46(21-14-3)36(56)48(23-16-5)38(58)50(25-18-7)39(59)49(24-17-6)37(57)47(22-15-4)33(53)29-45(20-13-2)34(54)30(41)26-43-35(55)60-40(8,9)10/h1-2,30H,14-29,41H2,3-11H3,(H,42,51)(H,43,55). The highest BCUT2D eigenvalue weighted by Gasteiger charge is 2.39. The monoisotopic (exact) mass is 846 g/mol. The molecule has 0 bridgehead atoms. The Balaban J connectivity index is 6.64. The number of urea groups is 4. The molecule has 60 heavy (non-hydrogen) atoms. The number of nitrogens with one attached hydrogen (secondary N) is 2. The van der Waals surface area contributed by atoms with Crippen molar-refractivity contribution in [2.45, 2.75) is 99.1 Å². The molecule has 0 saturated heterocycles. The quantitative estimate of drug-likeness (QED) is 0.142. The molecule has 0 aromatic rings. The largest absolute Gasteiger partial charge is 0.444 e. The van der Waals surface area contributed by atoms with Crippen LogP contribution in [0.5, 0.6) is 0 Å². The van der Waals surface area contributed by atoms with E-state index in [2.05, 4.69) is 22.5 Å². The van der Waals surface area contributed by atoms with Gasteiger partial charge >= 0.3 is 30.2 Å². The summed E-state index contributed by atoms with van der Waals surface area (Å²) in [7, 11) is 1.39. The van der Waals surface area contributed by atoms with E-state index in [0.29, 0.717) is 6.42 Å². The minimum absolute atomic E-state index is 0.0303. The maximum Gasteiger partial charge on any atom is 0.407 e. The van der Waals surface area contributed by atoms with Gasteiger partial charge < -0.3 is 35.8 Å². The molecule has 0 saturated carbocycles. The number of imide groups is 4. The van der Waals surface area contributed by atoms with E-state index >= 15 is 0 Å². The topological polar surface area (TPSA) is 236 Å². The Bertz CT molecular complexity index is 1590. The molecule has 0 heterocycles. The molecule has 0 aromatic heterocycles. The smallest absolute Gasteiger partial charge is 0.407 e. The molecule has 0 radical (unpaired) electrons. The van der Waals surface area contributed by atoms with Crippen LogP contribution in [0, 0.1) is 24.7 Å². The van der Waals surface area contributed by atoms with Gasteiger partial charge in [-0.05, 0) is 52.9 Å². The van der Waals surface area contributed by atoms with Gasteiger partial charge in [0, 0.05) is 46.3 Å². The Kier molecular flexibility index (Phi) is 25.0. The fourth-order valence-electron chi connectivity index (χ4n) is 5.42. The molecule has 13 amide bonds. The molecular weight excluding hydrogens is 780 g/mol. The second kappa shape index (κ2) is 27.7. The van der Waals surface area contributed by atoms with Crippen LogP contribution in [0.15, 0.2) is 0 Å². The molecule has 1 atom stereocenters. The van der Waals surface area contributed by atoms with Gasteiger partial charge in [-0.15, -0.1) is 12.8 Å². The molecular formula is C40H66N10O10. The van der Waals surface area contributed by atoms with Crippen molar-refractivity contribution in [3.63, 3.8) is 0 Å². The minimum Gasteiger partial charge on any atom is -0.444 e. The summed E-state index contributed by atoms with van der Waals surface area (Å²) >= 11 is 0. The van der Waals surface area contributed by atoms with Crippen molar-refractivity contribution in [1.82, 2.24) is 44.9 Å². The lowest BCUT2D eigenvalue weighted by Crippen LogP contribution is -2.60. The predicted octanol–water partition coefficient (Wildman–Crippen LogP) is 2.07. The van der Waals surface area contributed by atoms with Crippen LogP contribution >= 0.6 is 0 Å². The fraction of sp³-hybridized carbons (Fsp3) is 0.675. The molecule has 1 unspecified atom stereocenters. The first kappa shape index (κ1) is 54.1. The summed E-state index contributed by atoms with van der Waals surface area (Å²) in [6.07, 6.45) is 11.4. The van der Waals surface area contributed by atoms with Crippen LogP contribution in [0.4, 0.5) is 24.0 Å². The average molecular weight is 847 g/mol. The number of terminal acetylenes is 2. The van der Waals surface area contributed by atoms with Crippen LogP contribution in [0.3, 0.4) is 0 Å². The van der Waals surface area contributed by atoms with Crippen molar-refractivity contribution in [2.75, 3.05) is 79.0 Å². The predicted molar refractivity (Wildman–Crippen MR) is 224 cm³/mol. The summed E-state index contributed by atoms with van der Waals surface area (Å²) < 4.78 is 5.16. The number of nitrogens with two attached hydrogens (primary N) is 1. The van der Waals surface area contributed by atoms with Crippen molar-refractivity contribution in [3.8, 4) is 24.7 Å². The van der Waals surface area contributed by atoms with Gasteiger partial charge in [0.05, 0.1) is 13.1 Å². The van der Waals surface area contributed by atoms with Gasteiger partial charge in [0.25, 0.3) is 0 Å². The second-order valence-corrected chi connectivity index (χ2v) is 14.6. The molecule has 0 spiro atoms. The van der Waals surface area contributed by atoms with Crippen LogP contribution in [0.2, 0.25) is 0 Å². The van der Waals surface area contributed by atoms with Crippen molar-refractivity contribution in [1.29, 1.82) is 0 Å². The van der Waals surface area contributed by atoms with Crippen molar-refractivity contribution >= 4 is 53.8 Å². The Morgan fingerprint density at radius 2 is 1.02 bits per heavy atom. The highest BCUT2D eigenvalue weighted by Crippen LogP contribution is 2.15. The van der Waals surface area contributed by atoms with E-state index < -0.39 is 78.6 Å². The third-order valence-electron chi connectivity index (χ3n) is 8.15. The minimum atomic E-state index is -1.34. The van der Waals surface area contributed by atoms with E-state index in [0.717, 1.165) is 34.3 Å². The molecule has 4 N–H and O–H groups in total. The Labute approximate surface area is 354 Å². The first-order valence-corrected chi connectivity index (χ1v) is 20.1. The summed E-state index contributed by atoms with van der Waals surface area (Å²) in [4.78, 5) is 128. The molecule has 20 nitrogen and oxygen atoms in total. The number of carbonyl (C=O) groups excluding carboxylic acids is 9. The number of alkyl carbamates (subject to hydrolysis) is 1.